The number of nitrogens with zero attached hydrogens (tertiary/aromatic N) is 3. The van der Waals surface area contributed by atoms with Crippen molar-refractivity contribution in [2.24, 2.45) is 21.1 Å². The molecule has 31 heavy (non-hydrogen) atoms. The molecule has 0 fully saturated rings. The highest BCUT2D eigenvalue weighted by molar-refractivity contribution is 6.30. The lowest BCUT2D eigenvalue weighted by Gasteiger charge is -2.39. The fourth-order valence-electron chi connectivity index (χ4n) is 3.45. The maximum Gasteiger partial charge on any atom is 0.274 e. The first-order valence-electron chi connectivity index (χ1n) is 9.80. The number of carbonyl (C=O) groups excluding carboxylic acids is 1. The van der Waals surface area contributed by atoms with Crippen LogP contribution in [-0.2, 0) is 5.54 Å². The molecule has 9 heteroatoms. The Balaban J connectivity index is 1.96. The van der Waals surface area contributed by atoms with E-state index < -0.39 is 22.7 Å². The van der Waals surface area contributed by atoms with E-state index in [4.69, 9.17) is 17.3 Å². The summed E-state index contributed by atoms with van der Waals surface area (Å²) in [5.41, 5.74) is 6.21. The number of aliphatic imine (C=N–C) groups is 2. The minimum atomic E-state index is -1.02. The first-order chi connectivity index (χ1) is 14.6. The zero-order valence-electron chi connectivity index (χ0n) is 17.6. The van der Waals surface area contributed by atoms with Gasteiger partial charge in [0.1, 0.15) is 17.3 Å². The normalized spacial score (nSPS) is 21.6. The summed E-state index contributed by atoms with van der Waals surface area (Å²) >= 11 is 5.81. The average Bonchev–Trinajstić information content (AvgIpc) is 2.71. The fourth-order valence-corrected chi connectivity index (χ4v) is 3.57. The molecule has 1 aliphatic rings. The topological polar surface area (TPSA) is 113 Å². The van der Waals surface area contributed by atoms with Crippen molar-refractivity contribution in [2.75, 3.05) is 18.5 Å². The summed E-state index contributed by atoms with van der Waals surface area (Å²) in [4.78, 5) is 25.6. The molecule has 1 aliphatic heterocycles. The molecule has 0 aliphatic carbocycles. The van der Waals surface area contributed by atoms with Crippen LogP contribution >= 0.6 is 11.6 Å². The van der Waals surface area contributed by atoms with Gasteiger partial charge < -0.3 is 16.2 Å². The van der Waals surface area contributed by atoms with Crippen LogP contribution in [0.1, 0.15) is 43.2 Å². The van der Waals surface area contributed by atoms with Crippen molar-refractivity contribution in [3.05, 3.63) is 58.6 Å². The molecule has 1 aromatic heterocycles. The van der Waals surface area contributed by atoms with Gasteiger partial charge in [-0.2, -0.15) is 0 Å². The van der Waals surface area contributed by atoms with Crippen molar-refractivity contribution >= 4 is 34.7 Å². The Hall–Kier alpha value is -2.84. The zero-order chi connectivity index (χ0) is 22.8. The van der Waals surface area contributed by atoms with Crippen LogP contribution in [0.5, 0.6) is 0 Å². The molecule has 0 unspecified atom stereocenters. The number of amidine groups is 1. The van der Waals surface area contributed by atoms with Crippen molar-refractivity contribution in [3.8, 4) is 0 Å². The number of pyridine rings is 1. The molecule has 4 N–H and O–H groups in total. The summed E-state index contributed by atoms with van der Waals surface area (Å²) < 4.78 is 14.9. The standard InChI is InChI=1S/C22H25ClFN5O2/c1-21(2)18(26-8-9-30)11-22(3,29-20(21)25)15-10-14(5-6-16(15)24)28-19(31)17-7-4-13(23)12-27-17/h4-7,10,12,30H,8-9,11H2,1-3H3,(H2,25,29)(H,28,31)/t22-/m0/s1. The van der Waals surface area contributed by atoms with Gasteiger partial charge in [-0.25, -0.2) is 9.37 Å². The van der Waals surface area contributed by atoms with Crippen molar-refractivity contribution in [3.63, 3.8) is 0 Å². The molecular formula is C22H25ClFN5O2. The monoisotopic (exact) mass is 445 g/mol. The second kappa shape index (κ2) is 8.72. The molecule has 0 saturated carbocycles. The summed E-state index contributed by atoms with van der Waals surface area (Å²) in [5, 5.41) is 12.3. The molecule has 1 amide bonds. The van der Waals surface area contributed by atoms with Crippen molar-refractivity contribution < 1.29 is 14.3 Å². The lowest BCUT2D eigenvalue weighted by Crippen LogP contribution is -2.48. The summed E-state index contributed by atoms with van der Waals surface area (Å²) in [5.74, 6) is -0.586. The van der Waals surface area contributed by atoms with Crippen LogP contribution in [0.25, 0.3) is 0 Å². The first kappa shape index (κ1) is 22.8. The van der Waals surface area contributed by atoms with E-state index in [1.807, 2.05) is 13.8 Å². The third-order valence-electron chi connectivity index (χ3n) is 5.41. The summed E-state index contributed by atoms with van der Waals surface area (Å²) in [6.45, 7) is 5.70. The number of aliphatic hydroxyl groups excluding tert-OH is 1. The molecule has 2 heterocycles. The van der Waals surface area contributed by atoms with Crippen LogP contribution in [0, 0.1) is 11.2 Å². The van der Waals surface area contributed by atoms with Crippen molar-refractivity contribution in [1.29, 1.82) is 0 Å². The SMILES string of the molecule is CC1(C)C(N)=N[C@](C)(c2cc(NC(=O)c3ccc(Cl)cn3)ccc2F)CC1=NCCO. The third-order valence-corrected chi connectivity index (χ3v) is 5.63. The molecule has 3 rings (SSSR count). The van der Waals surface area contributed by atoms with Gasteiger partial charge in [0.25, 0.3) is 5.91 Å². The molecule has 0 bridgehead atoms. The van der Waals surface area contributed by atoms with Crippen LogP contribution in [0.4, 0.5) is 10.1 Å². The number of nitrogens with one attached hydrogen (secondary N) is 1. The van der Waals surface area contributed by atoms with E-state index in [-0.39, 0.29) is 24.4 Å². The summed E-state index contributed by atoms with van der Waals surface area (Å²) in [6, 6.07) is 7.36. The summed E-state index contributed by atoms with van der Waals surface area (Å²) in [6.07, 6.45) is 1.70. The number of amides is 1. The number of aromatic nitrogens is 1. The highest BCUT2D eigenvalue weighted by Gasteiger charge is 2.43. The number of carbonyl (C=O) groups is 1. The Morgan fingerprint density at radius 3 is 2.71 bits per heavy atom. The number of anilines is 1. The average molecular weight is 446 g/mol. The van der Waals surface area contributed by atoms with Gasteiger partial charge in [-0.1, -0.05) is 11.6 Å². The number of aliphatic hydroxyl groups is 1. The molecule has 0 radical (unpaired) electrons. The first-order valence-corrected chi connectivity index (χ1v) is 10.2. The lowest BCUT2D eigenvalue weighted by atomic mass is 9.73. The number of nitrogens with two attached hydrogens (primary N) is 1. The van der Waals surface area contributed by atoms with Gasteiger partial charge in [-0.05, 0) is 51.1 Å². The van der Waals surface area contributed by atoms with E-state index in [0.29, 0.717) is 23.0 Å². The van der Waals surface area contributed by atoms with E-state index >= 15 is 0 Å². The van der Waals surface area contributed by atoms with Crippen LogP contribution in [-0.4, -0.2) is 40.7 Å². The largest absolute Gasteiger partial charge is 0.394 e. The van der Waals surface area contributed by atoms with Gasteiger partial charge in [-0.3, -0.25) is 14.8 Å². The minimum absolute atomic E-state index is 0.0953. The number of halogens is 2. The molecule has 164 valence electrons. The zero-order valence-corrected chi connectivity index (χ0v) is 18.4. The molecule has 1 aromatic carbocycles. The van der Waals surface area contributed by atoms with E-state index in [0.717, 1.165) is 5.71 Å². The second-order valence-corrected chi connectivity index (χ2v) is 8.57. The van der Waals surface area contributed by atoms with Crippen LogP contribution in [0.3, 0.4) is 0 Å². The molecule has 1 atom stereocenters. The van der Waals surface area contributed by atoms with Gasteiger partial charge in [0, 0.05) is 29.6 Å². The summed E-state index contributed by atoms with van der Waals surface area (Å²) in [7, 11) is 0. The van der Waals surface area contributed by atoms with Crippen LogP contribution in [0.15, 0.2) is 46.5 Å². The third kappa shape index (κ3) is 4.75. The smallest absolute Gasteiger partial charge is 0.274 e. The van der Waals surface area contributed by atoms with Crippen LogP contribution < -0.4 is 11.1 Å². The maximum absolute atomic E-state index is 14.9. The molecule has 7 nitrogen and oxygen atoms in total. The van der Waals surface area contributed by atoms with E-state index in [1.165, 1.54) is 24.4 Å². The Morgan fingerprint density at radius 1 is 1.32 bits per heavy atom. The van der Waals surface area contributed by atoms with Gasteiger partial charge in [0.15, 0.2) is 0 Å². The predicted molar refractivity (Wildman–Crippen MR) is 120 cm³/mol. The number of hydrogen-bond donors (Lipinski definition) is 3. The molecule has 2 aromatic rings. The van der Waals surface area contributed by atoms with Gasteiger partial charge >= 0.3 is 0 Å². The lowest BCUT2D eigenvalue weighted by molar-refractivity contribution is 0.102. The fraction of sp³-hybridized carbons (Fsp3) is 0.364. The number of rotatable bonds is 5. The quantitative estimate of drug-likeness (QED) is 0.652. The number of benzene rings is 1. The molecular weight excluding hydrogens is 421 g/mol. The van der Waals surface area contributed by atoms with Crippen LogP contribution in [0.2, 0.25) is 5.02 Å². The Bertz CT molecular complexity index is 1050. The van der Waals surface area contributed by atoms with Crippen molar-refractivity contribution in [2.45, 2.75) is 32.7 Å². The van der Waals surface area contributed by atoms with E-state index in [2.05, 4.69) is 20.3 Å². The maximum atomic E-state index is 14.9. The van der Waals surface area contributed by atoms with E-state index in [9.17, 15) is 14.3 Å². The highest BCUT2D eigenvalue weighted by atomic mass is 35.5. The van der Waals surface area contributed by atoms with Gasteiger partial charge in [0.2, 0.25) is 0 Å². The van der Waals surface area contributed by atoms with Crippen molar-refractivity contribution in [1.82, 2.24) is 4.98 Å². The van der Waals surface area contributed by atoms with Gasteiger partial charge in [0.05, 0.1) is 29.1 Å². The highest BCUT2D eigenvalue weighted by Crippen LogP contribution is 2.41. The Morgan fingerprint density at radius 2 is 2.06 bits per heavy atom. The van der Waals surface area contributed by atoms with E-state index in [1.54, 1.807) is 19.1 Å². The minimum Gasteiger partial charge on any atom is -0.394 e. The molecule has 0 spiro atoms. The Labute approximate surface area is 185 Å². The second-order valence-electron chi connectivity index (χ2n) is 8.14. The van der Waals surface area contributed by atoms with Gasteiger partial charge in [-0.15, -0.1) is 0 Å². The number of hydrogen-bond acceptors (Lipinski definition) is 6. The Kier molecular flexibility index (Phi) is 6.43. The molecule has 0 saturated heterocycles. The predicted octanol–water partition coefficient (Wildman–Crippen LogP) is 3.56.